The van der Waals surface area contributed by atoms with Gasteiger partial charge in [0, 0.05) is 6.54 Å². The number of likely N-dealkylation sites (N-methyl/N-ethyl adjacent to an activating group) is 1. The van der Waals surface area contributed by atoms with Crippen LogP contribution in [0.5, 0.6) is 0 Å². The zero-order valence-corrected chi connectivity index (χ0v) is 7.29. The van der Waals surface area contributed by atoms with E-state index in [1.165, 1.54) is 0 Å². The molecule has 0 fully saturated rings. The van der Waals surface area contributed by atoms with Gasteiger partial charge in [0.15, 0.2) is 0 Å². The summed E-state index contributed by atoms with van der Waals surface area (Å²) in [5, 5.41) is 9.25. The molecule has 1 atom stereocenters. The number of aliphatic hydroxyl groups excluding tert-OH is 1. The average molecular weight is 159 g/mol. The SMILES string of the molecule is C=CCOCC(O)CN(C)C. The molecule has 1 N–H and O–H groups in total. The van der Waals surface area contributed by atoms with Crippen LogP contribution in [0.1, 0.15) is 0 Å². The largest absolute Gasteiger partial charge is 0.389 e. The molecule has 0 spiro atoms. The summed E-state index contributed by atoms with van der Waals surface area (Å²) in [6.45, 7) is 5.02. The van der Waals surface area contributed by atoms with Crippen molar-refractivity contribution >= 4 is 0 Å². The van der Waals surface area contributed by atoms with Gasteiger partial charge < -0.3 is 14.7 Å². The first-order chi connectivity index (χ1) is 5.16. The highest BCUT2D eigenvalue weighted by atomic mass is 16.5. The zero-order valence-electron chi connectivity index (χ0n) is 7.29. The molecule has 0 saturated carbocycles. The highest BCUT2D eigenvalue weighted by Gasteiger charge is 2.03. The maximum Gasteiger partial charge on any atom is 0.0900 e. The fraction of sp³-hybridized carbons (Fsp3) is 0.750. The smallest absolute Gasteiger partial charge is 0.0900 e. The first-order valence-electron chi connectivity index (χ1n) is 3.68. The zero-order chi connectivity index (χ0) is 8.69. The molecule has 0 amide bonds. The van der Waals surface area contributed by atoms with Crippen LogP contribution in [-0.2, 0) is 4.74 Å². The quantitative estimate of drug-likeness (QED) is 0.441. The number of rotatable bonds is 6. The molecule has 0 rings (SSSR count). The first kappa shape index (κ1) is 10.6. The van der Waals surface area contributed by atoms with Crippen LogP contribution in [0.25, 0.3) is 0 Å². The third-order valence-electron chi connectivity index (χ3n) is 1.12. The average Bonchev–Trinajstić information content (AvgIpc) is 1.86. The van der Waals surface area contributed by atoms with Crippen molar-refractivity contribution in [1.29, 1.82) is 0 Å². The molecule has 0 radical (unpaired) electrons. The molecule has 0 aromatic heterocycles. The molecule has 0 aliphatic rings. The van der Waals surface area contributed by atoms with Crippen LogP contribution < -0.4 is 0 Å². The number of nitrogens with zero attached hydrogens (tertiary/aromatic N) is 1. The Morgan fingerprint density at radius 3 is 2.73 bits per heavy atom. The van der Waals surface area contributed by atoms with Crippen LogP contribution in [0.2, 0.25) is 0 Å². The van der Waals surface area contributed by atoms with Gasteiger partial charge in [-0.15, -0.1) is 6.58 Å². The Kier molecular flexibility index (Phi) is 6.12. The molecule has 0 heterocycles. The van der Waals surface area contributed by atoms with E-state index in [2.05, 4.69) is 6.58 Å². The van der Waals surface area contributed by atoms with E-state index in [1.807, 2.05) is 19.0 Å². The Morgan fingerprint density at radius 2 is 2.27 bits per heavy atom. The lowest BCUT2D eigenvalue weighted by Gasteiger charge is -2.15. The summed E-state index contributed by atoms with van der Waals surface area (Å²) in [5.41, 5.74) is 0. The lowest BCUT2D eigenvalue weighted by atomic mass is 10.3. The van der Waals surface area contributed by atoms with E-state index in [0.717, 1.165) is 0 Å². The Hall–Kier alpha value is -0.380. The molecular weight excluding hydrogens is 142 g/mol. The number of hydrogen-bond donors (Lipinski definition) is 1. The van der Waals surface area contributed by atoms with Crippen LogP contribution in [-0.4, -0.2) is 50.0 Å². The van der Waals surface area contributed by atoms with E-state index in [4.69, 9.17) is 4.74 Å². The molecule has 11 heavy (non-hydrogen) atoms. The monoisotopic (exact) mass is 159 g/mol. The maximum atomic E-state index is 9.25. The summed E-state index contributed by atoms with van der Waals surface area (Å²) in [6.07, 6.45) is 1.27. The van der Waals surface area contributed by atoms with E-state index in [1.54, 1.807) is 6.08 Å². The van der Waals surface area contributed by atoms with Gasteiger partial charge in [-0.3, -0.25) is 0 Å². The summed E-state index contributed by atoms with van der Waals surface area (Å²) in [7, 11) is 3.83. The molecule has 0 aromatic carbocycles. The Labute approximate surface area is 68.3 Å². The van der Waals surface area contributed by atoms with Crippen molar-refractivity contribution in [2.45, 2.75) is 6.10 Å². The van der Waals surface area contributed by atoms with Gasteiger partial charge >= 0.3 is 0 Å². The van der Waals surface area contributed by atoms with Gasteiger partial charge in [-0.05, 0) is 14.1 Å². The molecule has 0 aliphatic carbocycles. The molecule has 66 valence electrons. The second-order valence-electron chi connectivity index (χ2n) is 2.74. The molecule has 3 nitrogen and oxygen atoms in total. The fourth-order valence-electron chi connectivity index (χ4n) is 0.762. The van der Waals surface area contributed by atoms with Crippen molar-refractivity contribution in [3.63, 3.8) is 0 Å². The summed E-state index contributed by atoms with van der Waals surface area (Å²) in [5.74, 6) is 0. The molecule has 0 aromatic rings. The lowest BCUT2D eigenvalue weighted by Crippen LogP contribution is -2.29. The summed E-state index contributed by atoms with van der Waals surface area (Å²) in [6, 6.07) is 0. The van der Waals surface area contributed by atoms with Crippen molar-refractivity contribution in [3.05, 3.63) is 12.7 Å². The molecular formula is C8H17NO2. The van der Waals surface area contributed by atoms with Gasteiger partial charge in [-0.2, -0.15) is 0 Å². The Bertz CT molecular complexity index is 104. The van der Waals surface area contributed by atoms with Crippen molar-refractivity contribution in [2.75, 3.05) is 33.9 Å². The fourth-order valence-corrected chi connectivity index (χ4v) is 0.762. The molecule has 0 saturated heterocycles. The molecule has 0 bridgehead atoms. The van der Waals surface area contributed by atoms with E-state index in [0.29, 0.717) is 19.8 Å². The highest BCUT2D eigenvalue weighted by Crippen LogP contribution is 1.87. The van der Waals surface area contributed by atoms with E-state index in [9.17, 15) is 5.11 Å². The molecule has 0 aliphatic heterocycles. The van der Waals surface area contributed by atoms with E-state index >= 15 is 0 Å². The maximum absolute atomic E-state index is 9.25. The topological polar surface area (TPSA) is 32.7 Å². The summed E-state index contributed by atoms with van der Waals surface area (Å²) >= 11 is 0. The predicted octanol–water partition coefficient (Wildman–Crippen LogP) is 0.111. The van der Waals surface area contributed by atoms with Crippen LogP contribution >= 0.6 is 0 Å². The number of aliphatic hydroxyl groups is 1. The minimum Gasteiger partial charge on any atom is -0.389 e. The van der Waals surface area contributed by atoms with Crippen molar-refractivity contribution in [3.8, 4) is 0 Å². The third kappa shape index (κ3) is 7.52. The van der Waals surface area contributed by atoms with E-state index in [-0.39, 0.29) is 0 Å². The van der Waals surface area contributed by atoms with Gasteiger partial charge in [-0.1, -0.05) is 6.08 Å². The summed E-state index contributed by atoms with van der Waals surface area (Å²) < 4.78 is 5.05. The number of ether oxygens (including phenoxy) is 1. The van der Waals surface area contributed by atoms with Crippen LogP contribution in [0.3, 0.4) is 0 Å². The number of hydrogen-bond acceptors (Lipinski definition) is 3. The molecule has 3 heteroatoms. The molecule has 1 unspecified atom stereocenters. The minimum absolute atomic E-state index is 0.379. The van der Waals surface area contributed by atoms with E-state index < -0.39 is 6.10 Å². The summed E-state index contributed by atoms with van der Waals surface area (Å²) in [4.78, 5) is 1.92. The van der Waals surface area contributed by atoms with Crippen LogP contribution in [0, 0.1) is 0 Å². The lowest BCUT2D eigenvalue weighted by molar-refractivity contribution is 0.0349. The second kappa shape index (κ2) is 6.34. The Balaban J connectivity index is 3.21. The van der Waals surface area contributed by atoms with Gasteiger partial charge in [0.05, 0.1) is 19.3 Å². The Morgan fingerprint density at radius 1 is 1.64 bits per heavy atom. The van der Waals surface area contributed by atoms with Gasteiger partial charge in [0.1, 0.15) is 0 Å². The first-order valence-corrected chi connectivity index (χ1v) is 3.68. The van der Waals surface area contributed by atoms with Gasteiger partial charge in [0.2, 0.25) is 0 Å². The normalized spacial score (nSPS) is 13.5. The minimum atomic E-state index is -0.398. The highest BCUT2D eigenvalue weighted by molar-refractivity contribution is 4.65. The van der Waals surface area contributed by atoms with Gasteiger partial charge in [-0.25, -0.2) is 0 Å². The van der Waals surface area contributed by atoms with Crippen molar-refractivity contribution in [1.82, 2.24) is 4.90 Å². The van der Waals surface area contributed by atoms with Crippen molar-refractivity contribution in [2.24, 2.45) is 0 Å². The predicted molar refractivity (Wildman–Crippen MR) is 45.6 cm³/mol. The standard InChI is InChI=1S/C8H17NO2/c1-4-5-11-7-8(10)6-9(2)3/h4,8,10H,1,5-7H2,2-3H3. The third-order valence-corrected chi connectivity index (χ3v) is 1.12. The van der Waals surface area contributed by atoms with Gasteiger partial charge in [0.25, 0.3) is 0 Å². The van der Waals surface area contributed by atoms with Crippen LogP contribution in [0.4, 0.5) is 0 Å². The van der Waals surface area contributed by atoms with Crippen LogP contribution in [0.15, 0.2) is 12.7 Å². The van der Waals surface area contributed by atoms with Crippen molar-refractivity contribution < 1.29 is 9.84 Å². The second-order valence-corrected chi connectivity index (χ2v) is 2.74.